The van der Waals surface area contributed by atoms with E-state index in [1.807, 2.05) is 30.3 Å². The van der Waals surface area contributed by atoms with Crippen LogP contribution in [0, 0.1) is 0 Å². The predicted octanol–water partition coefficient (Wildman–Crippen LogP) is 12.2. The highest BCUT2D eigenvalue weighted by Crippen LogP contribution is 2.42. The molecule has 0 saturated heterocycles. The molecule has 7 aromatic carbocycles. The van der Waals surface area contributed by atoms with Gasteiger partial charge >= 0.3 is 0 Å². The third kappa shape index (κ3) is 4.33. The zero-order valence-corrected chi connectivity index (χ0v) is 27.9. The van der Waals surface area contributed by atoms with Gasteiger partial charge in [-0.1, -0.05) is 121 Å². The third-order valence-electron chi connectivity index (χ3n) is 10.2. The molecular formula is C47H28N4O. The Labute approximate surface area is 298 Å². The molecule has 11 rings (SSSR count). The number of aromatic nitrogens is 4. The van der Waals surface area contributed by atoms with Crippen molar-refractivity contribution in [3.63, 3.8) is 0 Å². The zero-order valence-electron chi connectivity index (χ0n) is 27.9. The van der Waals surface area contributed by atoms with Gasteiger partial charge in [-0.15, -0.1) is 0 Å². The van der Waals surface area contributed by atoms with E-state index in [-0.39, 0.29) is 0 Å². The Kier molecular flexibility index (Phi) is 6.18. The number of hydrogen-bond acceptors (Lipinski definition) is 4. The molecule has 5 nitrogen and oxygen atoms in total. The lowest BCUT2D eigenvalue weighted by atomic mass is 9.97. The van der Waals surface area contributed by atoms with Crippen molar-refractivity contribution in [2.24, 2.45) is 0 Å². The average molecular weight is 665 g/mol. The minimum Gasteiger partial charge on any atom is -0.455 e. The lowest BCUT2D eigenvalue weighted by molar-refractivity contribution is 0.673. The Bertz CT molecular complexity index is 3130. The minimum absolute atomic E-state index is 0.649. The minimum atomic E-state index is 0.649. The van der Waals surface area contributed by atoms with E-state index in [2.05, 4.69) is 144 Å². The Morgan fingerprint density at radius 2 is 1.06 bits per heavy atom. The van der Waals surface area contributed by atoms with Gasteiger partial charge in [-0.25, -0.2) is 15.0 Å². The second-order valence-electron chi connectivity index (χ2n) is 13.2. The van der Waals surface area contributed by atoms with E-state index in [0.717, 1.165) is 88.5 Å². The van der Waals surface area contributed by atoms with Crippen molar-refractivity contribution in [2.45, 2.75) is 0 Å². The van der Waals surface area contributed by atoms with Gasteiger partial charge < -0.3 is 4.42 Å². The lowest BCUT2D eigenvalue weighted by Crippen LogP contribution is -2.02. The highest BCUT2D eigenvalue weighted by atomic mass is 16.3. The molecule has 0 amide bonds. The van der Waals surface area contributed by atoms with Gasteiger partial charge in [0, 0.05) is 60.5 Å². The van der Waals surface area contributed by atoms with Gasteiger partial charge in [-0.2, -0.15) is 0 Å². The van der Waals surface area contributed by atoms with Crippen LogP contribution in [0.3, 0.4) is 0 Å². The maximum absolute atomic E-state index is 6.75. The second kappa shape index (κ2) is 11.2. The molecule has 5 heteroatoms. The summed E-state index contributed by atoms with van der Waals surface area (Å²) in [5.41, 5.74) is 9.64. The molecule has 0 unspecified atom stereocenters. The van der Waals surface area contributed by atoms with Crippen LogP contribution in [0.4, 0.5) is 0 Å². The van der Waals surface area contributed by atoms with E-state index in [0.29, 0.717) is 5.82 Å². The molecule has 242 valence electrons. The molecule has 4 aromatic heterocycles. The van der Waals surface area contributed by atoms with Crippen molar-refractivity contribution < 1.29 is 4.42 Å². The summed E-state index contributed by atoms with van der Waals surface area (Å²) in [5, 5.41) is 7.64. The monoisotopic (exact) mass is 664 g/mol. The first-order valence-corrected chi connectivity index (χ1v) is 17.5. The van der Waals surface area contributed by atoms with Crippen LogP contribution in [0.2, 0.25) is 0 Å². The Balaban J connectivity index is 1.16. The molecule has 4 heterocycles. The number of hydrogen-bond donors (Lipinski definition) is 0. The van der Waals surface area contributed by atoms with Crippen LogP contribution in [-0.2, 0) is 0 Å². The van der Waals surface area contributed by atoms with Crippen LogP contribution >= 0.6 is 0 Å². The van der Waals surface area contributed by atoms with Crippen molar-refractivity contribution in [2.75, 3.05) is 0 Å². The lowest BCUT2D eigenvalue weighted by Gasteiger charge is -2.12. The van der Waals surface area contributed by atoms with Crippen molar-refractivity contribution in [3.05, 3.63) is 170 Å². The summed E-state index contributed by atoms with van der Waals surface area (Å²) < 4.78 is 9.01. The van der Waals surface area contributed by atoms with Gasteiger partial charge in [0.1, 0.15) is 17.0 Å². The fraction of sp³-hybridized carbons (Fsp3) is 0. The Morgan fingerprint density at radius 1 is 0.423 bits per heavy atom. The van der Waals surface area contributed by atoms with Crippen LogP contribution in [0.1, 0.15) is 0 Å². The van der Waals surface area contributed by atoms with Crippen LogP contribution in [-0.4, -0.2) is 19.5 Å². The summed E-state index contributed by atoms with van der Waals surface area (Å²) in [6.45, 7) is 0. The van der Waals surface area contributed by atoms with Crippen LogP contribution < -0.4 is 0 Å². The van der Waals surface area contributed by atoms with Crippen LogP contribution in [0.15, 0.2) is 174 Å². The molecule has 11 aromatic rings. The first-order chi connectivity index (χ1) is 25.8. The Morgan fingerprint density at radius 3 is 1.81 bits per heavy atom. The van der Waals surface area contributed by atoms with Crippen molar-refractivity contribution in [1.82, 2.24) is 19.5 Å². The second-order valence-corrected chi connectivity index (χ2v) is 13.2. The van der Waals surface area contributed by atoms with E-state index >= 15 is 0 Å². The van der Waals surface area contributed by atoms with E-state index in [9.17, 15) is 0 Å². The summed E-state index contributed by atoms with van der Waals surface area (Å²) >= 11 is 0. The summed E-state index contributed by atoms with van der Waals surface area (Å²) in [4.78, 5) is 15.6. The molecule has 0 radical (unpaired) electrons. The molecular weight excluding hydrogens is 637 g/mol. The first-order valence-electron chi connectivity index (χ1n) is 17.5. The highest BCUT2D eigenvalue weighted by Gasteiger charge is 2.20. The third-order valence-corrected chi connectivity index (χ3v) is 10.2. The number of pyridine rings is 1. The number of para-hydroxylation sites is 3. The topological polar surface area (TPSA) is 56.7 Å². The highest BCUT2D eigenvalue weighted by molar-refractivity contribution is 6.25. The molecule has 0 saturated carbocycles. The molecule has 52 heavy (non-hydrogen) atoms. The van der Waals surface area contributed by atoms with Crippen molar-refractivity contribution in [3.8, 4) is 39.7 Å². The number of nitrogens with zero attached hydrogens (tertiary/aromatic N) is 4. The van der Waals surface area contributed by atoms with E-state index in [1.165, 1.54) is 10.8 Å². The Hall–Kier alpha value is -7.11. The van der Waals surface area contributed by atoms with Crippen molar-refractivity contribution in [1.29, 1.82) is 0 Å². The average Bonchev–Trinajstić information content (AvgIpc) is 3.76. The largest absolute Gasteiger partial charge is 0.455 e. The SMILES string of the molecule is c1ccc(-c2cc(-n3c4ccccc4c4ccccc43)nc(-c3ccc4oc5c(ccc6c(-c7ccccc7)nc7ccccc7c65)c4c3)n2)cc1. The molecule has 0 aliphatic carbocycles. The fourth-order valence-electron chi connectivity index (χ4n) is 7.83. The van der Waals surface area contributed by atoms with Crippen LogP contribution in [0.25, 0.3) is 105 Å². The van der Waals surface area contributed by atoms with E-state index in [1.54, 1.807) is 0 Å². The summed E-state index contributed by atoms with van der Waals surface area (Å²) in [5.74, 6) is 1.47. The van der Waals surface area contributed by atoms with Gasteiger partial charge in [0.25, 0.3) is 0 Å². The summed E-state index contributed by atoms with van der Waals surface area (Å²) in [6.07, 6.45) is 0. The zero-order chi connectivity index (χ0) is 34.2. The molecule has 0 fully saturated rings. The number of benzene rings is 7. The molecule has 0 aliphatic rings. The summed E-state index contributed by atoms with van der Waals surface area (Å²) in [7, 11) is 0. The fourth-order valence-corrected chi connectivity index (χ4v) is 7.83. The van der Waals surface area contributed by atoms with Crippen molar-refractivity contribution >= 4 is 65.4 Å². The molecule has 0 bridgehead atoms. The normalized spacial score (nSPS) is 11.8. The smallest absolute Gasteiger partial charge is 0.162 e. The molecule has 0 aliphatic heterocycles. The standard InChI is InChI=1S/C47H28N4O/c1-3-13-29(14-4-1)39-28-43(51-40-21-11-8-17-32(40)33-18-9-12-22-41(33)51)50-47(49-39)31-23-26-42-37(27-31)34-24-25-36-44(46(34)52-42)35-19-7-10-20-38(35)48-45(36)30-15-5-2-6-16-30/h1-28H. The van der Waals surface area contributed by atoms with E-state index in [4.69, 9.17) is 19.4 Å². The van der Waals surface area contributed by atoms with Gasteiger partial charge in [-0.05, 0) is 42.5 Å². The maximum atomic E-state index is 6.75. The number of furan rings is 1. The van der Waals surface area contributed by atoms with Gasteiger partial charge in [0.15, 0.2) is 5.82 Å². The number of fused-ring (bicyclic) bond motifs is 10. The van der Waals surface area contributed by atoms with Gasteiger partial charge in [-0.3, -0.25) is 4.57 Å². The predicted molar refractivity (Wildman–Crippen MR) is 213 cm³/mol. The molecule has 0 atom stereocenters. The molecule has 0 spiro atoms. The maximum Gasteiger partial charge on any atom is 0.162 e. The molecule has 0 N–H and O–H groups in total. The van der Waals surface area contributed by atoms with Gasteiger partial charge in [0.05, 0.1) is 27.9 Å². The quantitative estimate of drug-likeness (QED) is 0.176. The van der Waals surface area contributed by atoms with Crippen LogP contribution in [0.5, 0.6) is 0 Å². The summed E-state index contributed by atoms with van der Waals surface area (Å²) in [6, 6.07) is 58.8. The number of rotatable bonds is 4. The van der Waals surface area contributed by atoms with E-state index < -0.39 is 0 Å². The van der Waals surface area contributed by atoms with Gasteiger partial charge in [0.2, 0.25) is 0 Å². The first kappa shape index (κ1) is 28.7.